The summed E-state index contributed by atoms with van der Waals surface area (Å²) in [6, 6.07) is 0.382. The molecule has 0 aliphatic rings. The number of hydrogen-bond acceptors (Lipinski definition) is 4. The molecule has 0 radical (unpaired) electrons. The first-order valence-corrected chi connectivity index (χ1v) is 4.84. The molecule has 0 heterocycles. The summed E-state index contributed by atoms with van der Waals surface area (Å²) in [7, 11) is 0. The fourth-order valence-corrected chi connectivity index (χ4v) is 1.18. The molecule has 13 heavy (non-hydrogen) atoms. The molecular weight excluding hydrogens is 168 g/mol. The van der Waals surface area contributed by atoms with E-state index in [1.807, 2.05) is 0 Å². The summed E-state index contributed by atoms with van der Waals surface area (Å²) in [6.07, 6.45) is 0.288. The van der Waals surface area contributed by atoms with Gasteiger partial charge in [-0.15, -0.1) is 0 Å². The molecule has 0 rings (SSSR count). The van der Waals surface area contributed by atoms with E-state index in [1.165, 1.54) is 0 Å². The zero-order valence-electron chi connectivity index (χ0n) is 8.61. The van der Waals surface area contributed by atoms with Crippen molar-refractivity contribution >= 4 is 0 Å². The Morgan fingerprint density at radius 1 is 1.38 bits per heavy atom. The van der Waals surface area contributed by atoms with E-state index < -0.39 is 6.10 Å². The van der Waals surface area contributed by atoms with E-state index in [0.717, 1.165) is 13.0 Å². The molecule has 0 fully saturated rings. The van der Waals surface area contributed by atoms with Crippen LogP contribution in [-0.2, 0) is 0 Å². The van der Waals surface area contributed by atoms with Gasteiger partial charge >= 0.3 is 0 Å². The fourth-order valence-electron chi connectivity index (χ4n) is 1.18. The van der Waals surface area contributed by atoms with Crippen molar-refractivity contribution in [2.45, 2.75) is 32.4 Å². The first-order valence-electron chi connectivity index (χ1n) is 4.84. The highest BCUT2D eigenvalue weighted by molar-refractivity contribution is 4.67. The number of nitrogens with zero attached hydrogens (tertiary/aromatic N) is 1. The summed E-state index contributed by atoms with van der Waals surface area (Å²) in [6.45, 7) is 6.03. The van der Waals surface area contributed by atoms with Gasteiger partial charge in [0, 0.05) is 12.6 Å². The molecule has 1 atom stereocenters. The second kappa shape index (κ2) is 7.26. The van der Waals surface area contributed by atoms with Crippen LogP contribution >= 0.6 is 0 Å². The summed E-state index contributed by atoms with van der Waals surface area (Å²) in [5.74, 6) is 0. The van der Waals surface area contributed by atoms with Gasteiger partial charge in [-0.25, -0.2) is 0 Å². The molecule has 0 aromatic carbocycles. The molecule has 80 valence electrons. The van der Waals surface area contributed by atoms with Crippen LogP contribution in [0.2, 0.25) is 0 Å². The molecule has 0 amide bonds. The van der Waals surface area contributed by atoms with Gasteiger partial charge in [-0.05, 0) is 33.4 Å². The van der Waals surface area contributed by atoms with Gasteiger partial charge in [0.25, 0.3) is 0 Å². The van der Waals surface area contributed by atoms with Gasteiger partial charge in [0.15, 0.2) is 0 Å². The Kier molecular flexibility index (Phi) is 7.17. The fraction of sp³-hybridized carbons (Fsp3) is 1.00. The molecule has 0 aromatic rings. The van der Waals surface area contributed by atoms with Crippen molar-refractivity contribution in [2.24, 2.45) is 5.73 Å². The maximum Gasteiger partial charge on any atom is 0.0897 e. The van der Waals surface area contributed by atoms with E-state index in [1.54, 1.807) is 0 Å². The average molecular weight is 190 g/mol. The lowest BCUT2D eigenvalue weighted by Gasteiger charge is -2.27. The zero-order chi connectivity index (χ0) is 10.3. The number of hydrogen-bond donors (Lipinski definition) is 3. The zero-order valence-corrected chi connectivity index (χ0v) is 8.61. The number of aliphatic hydroxyl groups is 2. The standard InChI is InChI=1S/C9H22N2O2/c1-8(2)11(5-3-4-10)6-9(13)7-12/h8-9,12-13H,3-7,10H2,1-2H3. The van der Waals surface area contributed by atoms with Crippen molar-refractivity contribution in [3.63, 3.8) is 0 Å². The molecule has 0 aliphatic heterocycles. The van der Waals surface area contributed by atoms with Crippen molar-refractivity contribution in [1.29, 1.82) is 0 Å². The molecule has 4 heteroatoms. The molecule has 0 saturated heterocycles. The Hall–Kier alpha value is -0.160. The van der Waals surface area contributed by atoms with Gasteiger partial charge in [0.1, 0.15) is 0 Å². The summed E-state index contributed by atoms with van der Waals surface area (Å²) in [5, 5.41) is 17.9. The molecule has 0 spiro atoms. The SMILES string of the molecule is CC(C)N(CCCN)CC(O)CO. The smallest absolute Gasteiger partial charge is 0.0897 e. The Balaban J connectivity index is 3.79. The lowest BCUT2D eigenvalue weighted by atomic mass is 10.2. The van der Waals surface area contributed by atoms with Crippen LogP contribution in [0.5, 0.6) is 0 Å². The van der Waals surface area contributed by atoms with E-state index in [9.17, 15) is 5.11 Å². The third kappa shape index (κ3) is 5.99. The monoisotopic (exact) mass is 190 g/mol. The van der Waals surface area contributed by atoms with Crippen molar-refractivity contribution in [1.82, 2.24) is 4.90 Å². The van der Waals surface area contributed by atoms with Gasteiger partial charge in [-0.2, -0.15) is 0 Å². The largest absolute Gasteiger partial charge is 0.394 e. The molecule has 0 bridgehead atoms. The first kappa shape index (κ1) is 12.8. The second-order valence-electron chi connectivity index (χ2n) is 3.57. The number of nitrogens with two attached hydrogens (primary N) is 1. The van der Waals surface area contributed by atoms with Crippen LogP contribution in [0.25, 0.3) is 0 Å². The Morgan fingerprint density at radius 2 is 2.00 bits per heavy atom. The van der Waals surface area contributed by atoms with Crippen molar-refractivity contribution in [3.8, 4) is 0 Å². The van der Waals surface area contributed by atoms with E-state index >= 15 is 0 Å². The predicted octanol–water partition coefficient (Wildman–Crippen LogP) is -0.601. The van der Waals surface area contributed by atoms with Crippen molar-refractivity contribution in [2.75, 3.05) is 26.2 Å². The summed E-state index contributed by atoms with van der Waals surface area (Å²) in [4.78, 5) is 2.12. The van der Waals surface area contributed by atoms with Crippen LogP contribution in [0.3, 0.4) is 0 Å². The summed E-state index contributed by atoms with van der Waals surface area (Å²) in [5.41, 5.74) is 5.40. The van der Waals surface area contributed by atoms with Crippen molar-refractivity contribution in [3.05, 3.63) is 0 Å². The maximum absolute atomic E-state index is 9.25. The minimum atomic E-state index is -0.639. The van der Waals surface area contributed by atoms with E-state index in [0.29, 0.717) is 19.1 Å². The lowest BCUT2D eigenvalue weighted by molar-refractivity contribution is 0.0492. The normalized spacial score (nSPS) is 14.1. The minimum Gasteiger partial charge on any atom is -0.394 e. The third-order valence-corrected chi connectivity index (χ3v) is 2.04. The number of aliphatic hydroxyl groups excluding tert-OH is 2. The van der Waals surface area contributed by atoms with Gasteiger partial charge in [-0.1, -0.05) is 0 Å². The Morgan fingerprint density at radius 3 is 2.38 bits per heavy atom. The highest BCUT2D eigenvalue weighted by Gasteiger charge is 2.12. The Bertz CT molecular complexity index is 120. The van der Waals surface area contributed by atoms with Crippen LogP contribution in [0.15, 0.2) is 0 Å². The maximum atomic E-state index is 9.25. The molecule has 4 N–H and O–H groups in total. The van der Waals surface area contributed by atoms with Crippen LogP contribution in [0, 0.1) is 0 Å². The van der Waals surface area contributed by atoms with E-state index in [-0.39, 0.29) is 6.61 Å². The average Bonchev–Trinajstić information content (AvgIpc) is 2.11. The molecule has 1 unspecified atom stereocenters. The van der Waals surface area contributed by atoms with Crippen LogP contribution in [-0.4, -0.2) is 53.5 Å². The first-order chi connectivity index (χ1) is 6.11. The van der Waals surface area contributed by atoms with Gasteiger partial charge in [0.05, 0.1) is 12.7 Å². The third-order valence-electron chi connectivity index (χ3n) is 2.04. The molecule has 0 aliphatic carbocycles. The molecular formula is C9H22N2O2. The molecule has 4 nitrogen and oxygen atoms in total. The van der Waals surface area contributed by atoms with Crippen LogP contribution in [0.1, 0.15) is 20.3 Å². The van der Waals surface area contributed by atoms with Gasteiger partial charge < -0.3 is 15.9 Å². The highest BCUT2D eigenvalue weighted by Crippen LogP contribution is 2.00. The quantitative estimate of drug-likeness (QED) is 0.501. The summed E-state index contributed by atoms with van der Waals surface area (Å²) < 4.78 is 0. The lowest BCUT2D eigenvalue weighted by Crippen LogP contribution is -2.40. The highest BCUT2D eigenvalue weighted by atomic mass is 16.3. The Labute approximate surface area is 80.3 Å². The molecule has 0 aromatic heterocycles. The van der Waals surface area contributed by atoms with E-state index in [2.05, 4.69) is 18.7 Å². The van der Waals surface area contributed by atoms with Gasteiger partial charge in [-0.3, -0.25) is 4.90 Å². The molecule has 0 saturated carbocycles. The van der Waals surface area contributed by atoms with E-state index in [4.69, 9.17) is 10.8 Å². The van der Waals surface area contributed by atoms with Crippen LogP contribution < -0.4 is 5.73 Å². The second-order valence-corrected chi connectivity index (χ2v) is 3.57. The predicted molar refractivity (Wildman–Crippen MR) is 53.5 cm³/mol. The van der Waals surface area contributed by atoms with Gasteiger partial charge in [0.2, 0.25) is 0 Å². The van der Waals surface area contributed by atoms with Crippen molar-refractivity contribution < 1.29 is 10.2 Å². The minimum absolute atomic E-state index is 0.175. The number of rotatable bonds is 7. The summed E-state index contributed by atoms with van der Waals surface area (Å²) >= 11 is 0. The van der Waals surface area contributed by atoms with Crippen LogP contribution in [0.4, 0.5) is 0 Å². The topological polar surface area (TPSA) is 69.7 Å².